The lowest BCUT2D eigenvalue weighted by Crippen LogP contribution is -2.33. The molecule has 22 heavy (non-hydrogen) atoms. The van der Waals surface area contributed by atoms with E-state index in [2.05, 4.69) is 15.9 Å². The molecular formula is C16H17N3O3. The van der Waals surface area contributed by atoms with Crippen LogP contribution >= 0.6 is 0 Å². The molecule has 1 heterocycles. The minimum Gasteiger partial charge on any atom is -0.466 e. The minimum atomic E-state index is -0.346. The molecule has 1 N–H and O–H groups in total. The maximum Gasteiger partial charge on any atom is 0.307 e. The summed E-state index contributed by atoms with van der Waals surface area (Å²) in [6, 6.07) is 5.18. The first-order chi connectivity index (χ1) is 10.7. The molecule has 6 nitrogen and oxygen atoms in total. The molecule has 0 aliphatic rings. The number of carbonyl (C=O) groups excluding carboxylic acids is 2. The van der Waals surface area contributed by atoms with Gasteiger partial charge in [-0.2, -0.15) is 0 Å². The average molecular weight is 299 g/mol. The molecule has 0 spiro atoms. The standard InChI is InChI=1S/C16H17N3O3/c1-3-8-19(9-7-15(20)22-4-2)16(21)12-5-6-13-14(10-12)18-11-17-13/h1,5-6,10-11H,4,7-9H2,2H3,(H,17,18). The molecule has 0 atom stereocenters. The van der Waals surface area contributed by atoms with Crippen LogP contribution in [0, 0.1) is 12.3 Å². The number of terminal acetylenes is 1. The van der Waals surface area contributed by atoms with E-state index in [1.165, 1.54) is 4.90 Å². The number of aromatic nitrogens is 2. The average Bonchev–Trinajstić information content (AvgIpc) is 2.98. The molecule has 0 bridgehead atoms. The second-order valence-corrected chi connectivity index (χ2v) is 4.62. The highest BCUT2D eigenvalue weighted by atomic mass is 16.5. The summed E-state index contributed by atoms with van der Waals surface area (Å²) in [5.41, 5.74) is 2.05. The predicted octanol–water partition coefficient (Wildman–Crippen LogP) is 1.59. The molecule has 0 aliphatic heterocycles. The van der Waals surface area contributed by atoms with Gasteiger partial charge in [-0.05, 0) is 25.1 Å². The van der Waals surface area contributed by atoms with Crippen molar-refractivity contribution in [2.24, 2.45) is 0 Å². The lowest BCUT2D eigenvalue weighted by atomic mass is 10.1. The Morgan fingerprint density at radius 2 is 2.27 bits per heavy atom. The second kappa shape index (κ2) is 7.27. The van der Waals surface area contributed by atoms with Gasteiger partial charge in [-0.1, -0.05) is 5.92 Å². The van der Waals surface area contributed by atoms with Gasteiger partial charge in [0.1, 0.15) is 0 Å². The molecule has 2 rings (SSSR count). The van der Waals surface area contributed by atoms with Crippen LogP contribution in [0.3, 0.4) is 0 Å². The summed E-state index contributed by atoms with van der Waals surface area (Å²) in [5, 5.41) is 0. The van der Waals surface area contributed by atoms with Crippen molar-refractivity contribution in [3.63, 3.8) is 0 Å². The molecule has 1 amide bonds. The van der Waals surface area contributed by atoms with Crippen LogP contribution in [0.1, 0.15) is 23.7 Å². The first kappa shape index (κ1) is 15.6. The first-order valence-electron chi connectivity index (χ1n) is 6.97. The van der Waals surface area contributed by atoms with Gasteiger partial charge in [-0.25, -0.2) is 4.98 Å². The Bertz CT molecular complexity index is 715. The van der Waals surface area contributed by atoms with Gasteiger partial charge < -0.3 is 14.6 Å². The Morgan fingerprint density at radius 3 is 3.00 bits per heavy atom. The van der Waals surface area contributed by atoms with Crippen molar-refractivity contribution >= 4 is 22.9 Å². The van der Waals surface area contributed by atoms with E-state index in [1.54, 1.807) is 31.5 Å². The van der Waals surface area contributed by atoms with Crippen molar-refractivity contribution in [3.05, 3.63) is 30.1 Å². The first-order valence-corrected chi connectivity index (χ1v) is 6.97. The SMILES string of the molecule is C#CCN(CCC(=O)OCC)C(=O)c1ccc2nc[nH]c2c1. The van der Waals surface area contributed by atoms with E-state index in [-0.39, 0.29) is 31.4 Å². The minimum absolute atomic E-state index is 0.119. The number of amides is 1. The maximum atomic E-state index is 12.5. The van der Waals surface area contributed by atoms with E-state index >= 15 is 0 Å². The van der Waals surface area contributed by atoms with Gasteiger partial charge in [0, 0.05) is 12.1 Å². The van der Waals surface area contributed by atoms with Gasteiger partial charge in [-0.3, -0.25) is 9.59 Å². The van der Waals surface area contributed by atoms with Crippen LogP contribution in [0.5, 0.6) is 0 Å². The van der Waals surface area contributed by atoms with Crippen molar-refractivity contribution in [3.8, 4) is 12.3 Å². The Kier molecular flexibility index (Phi) is 5.15. The topological polar surface area (TPSA) is 75.3 Å². The van der Waals surface area contributed by atoms with Gasteiger partial charge in [0.15, 0.2) is 0 Å². The zero-order valence-corrected chi connectivity index (χ0v) is 12.3. The number of hydrogen-bond donors (Lipinski definition) is 1. The lowest BCUT2D eigenvalue weighted by molar-refractivity contribution is -0.143. The lowest BCUT2D eigenvalue weighted by Gasteiger charge is -2.19. The summed E-state index contributed by atoms with van der Waals surface area (Å²) in [6.07, 6.45) is 7.00. The van der Waals surface area contributed by atoms with Crippen LogP contribution in [-0.2, 0) is 9.53 Å². The van der Waals surface area contributed by atoms with E-state index < -0.39 is 0 Å². The number of fused-ring (bicyclic) bond motifs is 1. The zero-order valence-electron chi connectivity index (χ0n) is 12.3. The number of nitrogens with zero attached hydrogens (tertiary/aromatic N) is 2. The van der Waals surface area contributed by atoms with Gasteiger partial charge in [-0.15, -0.1) is 6.42 Å². The normalized spacial score (nSPS) is 10.2. The summed E-state index contributed by atoms with van der Waals surface area (Å²) in [7, 11) is 0. The molecule has 0 unspecified atom stereocenters. The third-order valence-electron chi connectivity index (χ3n) is 3.13. The van der Waals surface area contributed by atoms with E-state index in [4.69, 9.17) is 11.2 Å². The van der Waals surface area contributed by atoms with Crippen molar-refractivity contribution in [2.75, 3.05) is 19.7 Å². The summed E-state index contributed by atoms with van der Waals surface area (Å²) in [5.74, 6) is 1.87. The van der Waals surface area contributed by atoms with Gasteiger partial charge >= 0.3 is 5.97 Å². The number of rotatable bonds is 6. The quantitative estimate of drug-likeness (QED) is 0.649. The number of aromatic amines is 1. The number of nitrogens with one attached hydrogen (secondary N) is 1. The van der Waals surface area contributed by atoms with Crippen LogP contribution in [0.2, 0.25) is 0 Å². The fraction of sp³-hybridized carbons (Fsp3) is 0.312. The molecule has 0 saturated heterocycles. The van der Waals surface area contributed by atoms with Crippen LogP contribution < -0.4 is 0 Å². The summed E-state index contributed by atoms with van der Waals surface area (Å²) in [6.45, 7) is 2.42. The van der Waals surface area contributed by atoms with Crippen LogP contribution in [0.4, 0.5) is 0 Å². The Labute approximate surface area is 128 Å². The number of benzene rings is 1. The van der Waals surface area contributed by atoms with Crippen molar-refractivity contribution in [1.29, 1.82) is 0 Å². The third-order valence-corrected chi connectivity index (χ3v) is 3.13. The van der Waals surface area contributed by atoms with Crippen molar-refractivity contribution < 1.29 is 14.3 Å². The number of carbonyl (C=O) groups is 2. The second-order valence-electron chi connectivity index (χ2n) is 4.62. The van der Waals surface area contributed by atoms with Crippen LogP contribution in [0.25, 0.3) is 11.0 Å². The predicted molar refractivity (Wildman–Crippen MR) is 82.1 cm³/mol. The van der Waals surface area contributed by atoms with E-state index in [0.717, 1.165) is 11.0 Å². The molecule has 1 aromatic heterocycles. The molecule has 6 heteroatoms. The molecule has 0 radical (unpaired) electrons. The van der Waals surface area contributed by atoms with Gasteiger partial charge in [0.05, 0.1) is 36.9 Å². The Hall–Kier alpha value is -2.81. The largest absolute Gasteiger partial charge is 0.466 e. The monoisotopic (exact) mass is 299 g/mol. The maximum absolute atomic E-state index is 12.5. The van der Waals surface area contributed by atoms with Crippen LogP contribution in [0.15, 0.2) is 24.5 Å². The molecular weight excluding hydrogens is 282 g/mol. The zero-order chi connectivity index (χ0) is 15.9. The van der Waals surface area contributed by atoms with E-state index in [9.17, 15) is 9.59 Å². The Morgan fingerprint density at radius 1 is 1.45 bits per heavy atom. The molecule has 0 aliphatic carbocycles. The molecule has 0 saturated carbocycles. The van der Waals surface area contributed by atoms with Crippen molar-refractivity contribution in [1.82, 2.24) is 14.9 Å². The molecule has 1 aromatic carbocycles. The van der Waals surface area contributed by atoms with Crippen LogP contribution in [-0.4, -0.2) is 46.4 Å². The highest BCUT2D eigenvalue weighted by Crippen LogP contribution is 2.13. The summed E-state index contributed by atoms with van der Waals surface area (Å²) >= 11 is 0. The molecule has 0 fully saturated rings. The number of hydrogen-bond acceptors (Lipinski definition) is 4. The van der Waals surface area contributed by atoms with Gasteiger partial charge in [0.2, 0.25) is 0 Å². The highest BCUT2D eigenvalue weighted by Gasteiger charge is 2.17. The van der Waals surface area contributed by atoms with Gasteiger partial charge in [0.25, 0.3) is 5.91 Å². The fourth-order valence-corrected chi connectivity index (χ4v) is 2.07. The fourth-order valence-electron chi connectivity index (χ4n) is 2.07. The summed E-state index contributed by atoms with van der Waals surface area (Å²) < 4.78 is 4.86. The number of esters is 1. The number of imidazole rings is 1. The van der Waals surface area contributed by atoms with E-state index in [1.807, 2.05) is 0 Å². The Balaban J connectivity index is 2.11. The smallest absolute Gasteiger partial charge is 0.307 e. The molecule has 2 aromatic rings. The van der Waals surface area contributed by atoms with Crippen molar-refractivity contribution in [2.45, 2.75) is 13.3 Å². The van der Waals surface area contributed by atoms with E-state index in [0.29, 0.717) is 12.2 Å². The highest BCUT2D eigenvalue weighted by molar-refractivity contribution is 5.97. The summed E-state index contributed by atoms with van der Waals surface area (Å²) in [4.78, 5) is 32.5. The number of H-pyrrole nitrogens is 1. The third kappa shape index (κ3) is 3.64. The molecule has 114 valence electrons. The number of ether oxygens (including phenoxy) is 1.